The molecule has 3 amide bonds. The van der Waals surface area contributed by atoms with Gasteiger partial charge in [0.25, 0.3) is 11.8 Å². The van der Waals surface area contributed by atoms with E-state index in [9.17, 15) is 14.4 Å². The number of nitrogens with zero attached hydrogens (tertiary/aromatic N) is 1. The highest BCUT2D eigenvalue weighted by atomic mass is 127. The van der Waals surface area contributed by atoms with Crippen LogP contribution in [0.4, 0.5) is 0 Å². The van der Waals surface area contributed by atoms with E-state index in [1.165, 1.54) is 0 Å². The lowest BCUT2D eigenvalue weighted by Crippen LogP contribution is -2.33. The molecule has 1 aromatic carbocycles. The summed E-state index contributed by atoms with van der Waals surface area (Å²) in [4.78, 5) is 36.0. The molecule has 0 fully saturated rings. The molecule has 5 nitrogen and oxygen atoms in total. The van der Waals surface area contributed by atoms with Crippen molar-refractivity contribution in [1.82, 2.24) is 8.43 Å². The first-order valence-corrected chi connectivity index (χ1v) is 6.07. The molecule has 0 spiro atoms. The molecule has 17 heavy (non-hydrogen) atoms. The second-order valence-electron chi connectivity index (χ2n) is 3.58. The maximum absolute atomic E-state index is 11.9. The van der Waals surface area contributed by atoms with Crippen LogP contribution in [0.5, 0.6) is 0 Å². The fourth-order valence-electron chi connectivity index (χ4n) is 1.70. The number of nitrogens with one attached hydrogen (secondary N) is 1. The second kappa shape index (κ2) is 4.82. The fourth-order valence-corrected chi connectivity index (χ4v) is 1.97. The van der Waals surface area contributed by atoms with Gasteiger partial charge in [0.2, 0.25) is 5.91 Å². The molecule has 1 aliphatic rings. The van der Waals surface area contributed by atoms with E-state index in [1.54, 1.807) is 47.1 Å². The average molecular weight is 344 g/mol. The first kappa shape index (κ1) is 12.0. The fraction of sp³-hybridized carbons (Fsp3) is 0.182. The third-order valence-corrected chi connectivity index (χ3v) is 3.15. The third kappa shape index (κ3) is 2.17. The molecule has 0 radical (unpaired) electrons. The number of halogens is 1. The minimum atomic E-state index is -0.327. The van der Waals surface area contributed by atoms with Crippen LogP contribution >= 0.6 is 22.9 Å². The van der Waals surface area contributed by atoms with Gasteiger partial charge in [0.05, 0.1) is 34.0 Å². The normalized spacial score (nSPS) is 13.8. The van der Waals surface area contributed by atoms with Crippen LogP contribution in [0.3, 0.4) is 0 Å². The van der Waals surface area contributed by atoms with Crippen LogP contribution in [0.25, 0.3) is 0 Å². The second-order valence-corrected chi connectivity index (χ2v) is 4.11. The van der Waals surface area contributed by atoms with Crippen molar-refractivity contribution in [2.75, 3.05) is 6.54 Å². The van der Waals surface area contributed by atoms with Gasteiger partial charge in [-0.25, -0.2) is 0 Å². The van der Waals surface area contributed by atoms with Crippen molar-refractivity contribution in [3.8, 4) is 0 Å². The molecular formula is C11H9IN2O3. The Balaban J connectivity index is 2.16. The van der Waals surface area contributed by atoms with E-state index < -0.39 is 0 Å². The first-order valence-electron chi connectivity index (χ1n) is 5.00. The first-order chi connectivity index (χ1) is 8.15. The van der Waals surface area contributed by atoms with Crippen LogP contribution < -0.4 is 3.53 Å². The van der Waals surface area contributed by atoms with Crippen LogP contribution in [0.2, 0.25) is 0 Å². The van der Waals surface area contributed by atoms with E-state index in [0.717, 1.165) is 4.90 Å². The number of imide groups is 1. The summed E-state index contributed by atoms with van der Waals surface area (Å²) in [5.74, 6) is -0.860. The number of carbonyl (C=O) groups is 3. The zero-order valence-corrected chi connectivity index (χ0v) is 10.9. The zero-order valence-electron chi connectivity index (χ0n) is 8.77. The molecule has 0 saturated heterocycles. The molecule has 0 unspecified atom stereocenters. The van der Waals surface area contributed by atoms with Crippen LogP contribution in [-0.4, -0.2) is 29.2 Å². The lowest BCUT2D eigenvalue weighted by molar-refractivity contribution is -0.118. The Morgan fingerprint density at radius 1 is 1.18 bits per heavy atom. The van der Waals surface area contributed by atoms with Gasteiger partial charge in [0, 0.05) is 13.0 Å². The Bertz CT molecular complexity index is 466. The molecule has 2 rings (SSSR count). The van der Waals surface area contributed by atoms with E-state index in [0.29, 0.717) is 11.1 Å². The Morgan fingerprint density at radius 3 is 2.18 bits per heavy atom. The van der Waals surface area contributed by atoms with Crippen molar-refractivity contribution < 1.29 is 14.4 Å². The average Bonchev–Trinajstić information content (AvgIpc) is 2.60. The smallest absolute Gasteiger partial charge is 0.261 e. The molecule has 6 heteroatoms. The summed E-state index contributed by atoms with van der Waals surface area (Å²) in [7, 11) is 0. The van der Waals surface area contributed by atoms with E-state index in [4.69, 9.17) is 0 Å². The minimum absolute atomic E-state index is 0.112. The van der Waals surface area contributed by atoms with Crippen molar-refractivity contribution in [2.24, 2.45) is 0 Å². The molecule has 0 aromatic heterocycles. The van der Waals surface area contributed by atoms with Crippen LogP contribution in [0.15, 0.2) is 24.3 Å². The summed E-state index contributed by atoms with van der Waals surface area (Å²) in [6.07, 6.45) is 0.119. The Hall–Kier alpha value is -1.44. The van der Waals surface area contributed by atoms with Crippen molar-refractivity contribution in [3.05, 3.63) is 35.4 Å². The molecule has 1 aliphatic heterocycles. The highest BCUT2D eigenvalue weighted by molar-refractivity contribution is 14.1. The van der Waals surface area contributed by atoms with Gasteiger partial charge in [0.1, 0.15) is 0 Å². The topological polar surface area (TPSA) is 66.5 Å². The van der Waals surface area contributed by atoms with Gasteiger partial charge in [-0.15, -0.1) is 0 Å². The highest BCUT2D eigenvalue weighted by Gasteiger charge is 2.34. The standard InChI is InChI=1S/C11H9IN2O3/c12-13-9(15)5-6-14-10(16)7-3-1-2-4-8(7)11(14)17/h1-4H,5-6H2,(H,13,15). The number of hydrogen-bond donors (Lipinski definition) is 1. The zero-order chi connectivity index (χ0) is 12.4. The lowest BCUT2D eigenvalue weighted by atomic mass is 10.1. The van der Waals surface area contributed by atoms with Crippen molar-refractivity contribution in [3.63, 3.8) is 0 Å². The molecule has 1 N–H and O–H groups in total. The molecule has 1 aromatic rings. The number of rotatable bonds is 3. The summed E-state index contributed by atoms with van der Waals surface area (Å²) < 4.78 is 2.42. The van der Waals surface area contributed by atoms with E-state index in [1.807, 2.05) is 0 Å². The van der Waals surface area contributed by atoms with Gasteiger partial charge in [0.15, 0.2) is 0 Å². The maximum atomic E-state index is 11.9. The summed E-state index contributed by atoms with van der Waals surface area (Å²) in [5, 5.41) is 0. The lowest BCUT2D eigenvalue weighted by Gasteiger charge is -2.12. The molecule has 1 heterocycles. The van der Waals surface area contributed by atoms with Crippen LogP contribution in [-0.2, 0) is 4.79 Å². The van der Waals surface area contributed by atoms with Gasteiger partial charge >= 0.3 is 0 Å². The highest BCUT2D eigenvalue weighted by Crippen LogP contribution is 2.22. The van der Waals surface area contributed by atoms with Gasteiger partial charge in [-0.1, -0.05) is 12.1 Å². The van der Waals surface area contributed by atoms with Crippen molar-refractivity contribution in [1.29, 1.82) is 0 Å². The van der Waals surface area contributed by atoms with E-state index in [2.05, 4.69) is 3.53 Å². The van der Waals surface area contributed by atoms with Gasteiger partial charge < -0.3 is 0 Å². The minimum Gasteiger partial charge on any atom is -0.299 e. The number of fused-ring (bicyclic) bond motifs is 1. The number of carbonyl (C=O) groups excluding carboxylic acids is 3. The molecule has 0 saturated carbocycles. The predicted molar refractivity (Wildman–Crippen MR) is 68.6 cm³/mol. The Labute approximate surface area is 112 Å². The quantitative estimate of drug-likeness (QED) is 0.508. The Morgan fingerprint density at radius 2 is 1.71 bits per heavy atom. The molecular weight excluding hydrogens is 335 g/mol. The molecule has 0 bridgehead atoms. The number of amides is 3. The monoisotopic (exact) mass is 344 g/mol. The molecule has 88 valence electrons. The van der Waals surface area contributed by atoms with Crippen LogP contribution in [0.1, 0.15) is 27.1 Å². The third-order valence-electron chi connectivity index (χ3n) is 2.55. The maximum Gasteiger partial charge on any atom is 0.261 e. The number of hydrogen-bond acceptors (Lipinski definition) is 3. The molecule has 0 aliphatic carbocycles. The summed E-state index contributed by atoms with van der Waals surface area (Å²) in [6.45, 7) is 0.112. The predicted octanol–water partition coefficient (Wildman–Crippen LogP) is 1.14. The van der Waals surface area contributed by atoms with Crippen molar-refractivity contribution in [2.45, 2.75) is 6.42 Å². The van der Waals surface area contributed by atoms with Crippen molar-refractivity contribution >= 4 is 40.6 Å². The summed E-state index contributed by atoms with van der Waals surface area (Å²) >= 11 is 1.72. The van der Waals surface area contributed by atoms with Gasteiger partial charge in [-0.05, 0) is 12.1 Å². The summed E-state index contributed by atoms with van der Waals surface area (Å²) in [6, 6.07) is 6.66. The number of benzene rings is 1. The van der Waals surface area contributed by atoms with E-state index >= 15 is 0 Å². The van der Waals surface area contributed by atoms with Gasteiger partial charge in [-0.3, -0.25) is 22.8 Å². The van der Waals surface area contributed by atoms with Crippen LogP contribution in [0, 0.1) is 0 Å². The SMILES string of the molecule is O=C(CCN1C(=O)c2ccccc2C1=O)NI. The Kier molecular flexibility index (Phi) is 3.41. The largest absolute Gasteiger partial charge is 0.299 e. The molecule has 0 atom stereocenters. The summed E-state index contributed by atoms with van der Waals surface area (Å²) in [5.41, 5.74) is 0.819. The van der Waals surface area contributed by atoms with Gasteiger partial charge in [-0.2, -0.15) is 0 Å². The van der Waals surface area contributed by atoms with E-state index in [-0.39, 0.29) is 30.7 Å².